The number of methoxy groups -OCH3 is 1. The van der Waals surface area contributed by atoms with Gasteiger partial charge in [0, 0.05) is 0 Å². The lowest BCUT2D eigenvalue weighted by molar-refractivity contribution is -0.411. The van der Waals surface area contributed by atoms with Gasteiger partial charge in [0.05, 0.1) is 19.8 Å². The Morgan fingerprint density at radius 3 is 2.50 bits per heavy atom. The number of carbonyl (C=O) groups is 2. The smallest absolute Gasteiger partial charge is 0.331 e. The van der Waals surface area contributed by atoms with Crippen LogP contribution in [-0.2, 0) is 25.7 Å². The average molecular weight is 311 g/mol. The molecule has 0 aliphatic rings. The van der Waals surface area contributed by atoms with Crippen LogP contribution in [0.15, 0.2) is 30.3 Å². The van der Waals surface area contributed by atoms with Crippen molar-refractivity contribution < 1.29 is 29.9 Å². The van der Waals surface area contributed by atoms with E-state index in [4.69, 9.17) is 4.74 Å². The molecule has 0 unspecified atom stereocenters. The van der Waals surface area contributed by atoms with Gasteiger partial charge in [-0.2, -0.15) is 0 Å². The van der Waals surface area contributed by atoms with E-state index in [-0.39, 0.29) is 6.61 Å². The van der Waals surface area contributed by atoms with Gasteiger partial charge in [0.25, 0.3) is 5.91 Å². The van der Waals surface area contributed by atoms with Crippen LogP contribution in [0.2, 0.25) is 0 Å². The Labute approximate surface area is 129 Å². The number of hydrogen-bond donors (Lipinski definition) is 3. The number of carbonyl (C=O) groups excluding carboxylic acids is 2. The number of aliphatic hydroxyl groups excluding tert-OH is 1. The number of nitrogens with one attached hydrogen (secondary N) is 1. The summed E-state index contributed by atoms with van der Waals surface area (Å²) in [6, 6.07) is 7.72. The zero-order chi connectivity index (χ0) is 16.5. The lowest BCUT2D eigenvalue weighted by Crippen LogP contribution is -2.71. The molecule has 0 heterocycles. The fraction of sp³-hybridized carbons (Fsp3) is 0.467. The lowest BCUT2D eigenvalue weighted by atomic mass is 10.1. The molecule has 7 heteroatoms. The molecule has 22 heavy (non-hydrogen) atoms. The largest absolute Gasteiger partial charge is 0.467 e. The van der Waals surface area contributed by atoms with E-state index in [1.807, 2.05) is 30.3 Å². The molecule has 0 fully saturated rings. The molecule has 0 bridgehead atoms. The Morgan fingerprint density at radius 1 is 1.32 bits per heavy atom. The minimum absolute atomic E-state index is 0.106. The van der Waals surface area contributed by atoms with Crippen molar-refractivity contribution in [3.63, 3.8) is 0 Å². The van der Waals surface area contributed by atoms with Gasteiger partial charge in [-0.1, -0.05) is 30.3 Å². The topological polar surface area (TPSA) is 112 Å². The summed E-state index contributed by atoms with van der Waals surface area (Å²) in [4.78, 5) is 23.4. The highest BCUT2D eigenvalue weighted by Gasteiger charge is 2.29. The first-order valence-electron chi connectivity index (χ1n) is 6.96. The van der Waals surface area contributed by atoms with Crippen molar-refractivity contribution in [2.24, 2.45) is 0 Å². The Balaban J connectivity index is 2.42. The number of benzene rings is 1. The third-order valence-corrected chi connectivity index (χ3v) is 3.04. The van der Waals surface area contributed by atoms with Gasteiger partial charge in [0.2, 0.25) is 0 Å². The molecule has 1 aromatic rings. The number of ether oxygens (including phenoxy) is 2. The van der Waals surface area contributed by atoms with Crippen molar-refractivity contribution in [2.75, 3.05) is 13.7 Å². The number of hydrogen-bond acceptors (Lipinski definition) is 5. The maximum Gasteiger partial charge on any atom is 0.331 e. The first kappa shape index (κ1) is 18.1. The van der Waals surface area contributed by atoms with Gasteiger partial charge in [-0.3, -0.25) is 4.79 Å². The molecule has 5 N–H and O–H groups in total. The molecule has 0 saturated heterocycles. The van der Waals surface area contributed by atoms with Crippen molar-refractivity contribution in [1.82, 2.24) is 5.32 Å². The van der Waals surface area contributed by atoms with E-state index < -0.39 is 30.1 Å². The normalized spacial score (nSPS) is 14.7. The molecule has 0 saturated carbocycles. The number of rotatable bonds is 8. The first-order chi connectivity index (χ1) is 10.5. The molecule has 7 nitrogen and oxygen atoms in total. The summed E-state index contributed by atoms with van der Waals surface area (Å²) in [6.45, 7) is 1.87. The molecule has 1 rings (SSSR count). The van der Waals surface area contributed by atoms with Crippen LogP contribution in [0.1, 0.15) is 12.5 Å². The molecule has 3 atom stereocenters. The van der Waals surface area contributed by atoms with Gasteiger partial charge in [0.15, 0.2) is 12.1 Å². The van der Waals surface area contributed by atoms with Gasteiger partial charge in [-0.25, -0.2) is 4.79 Å². The number of aliphatic hydroxyl groups is 1. The fourth-order valence-corrected chi connectivity index (χ4v) is 1.74. The van der Waals surface area contributed by atoms with Crippen molar-refractivity contribution in [2.45, 2.75) is 31.7 Å². The number of quaternary nitrogens is 1. The molecule has 0 aliphatic heterocycles. The van der Waals surface area contributed by atoms with E-state index in [0.29, 0.717) is 6.61 Å². The summed E-state index contributed by atoms with van der Waals surface area (Å²) in [5, 5.41) is 11.9. The molecule has 1 amide bonds. The molecule has 0 aliphatic carbocycles. The van der Waals surface area contributed by atoms with Gasteiger partial charge in [-0.05, 0) is 12.5 Å². The number of amides is 1. The Kier molecular flexibility index (Phi) is 7.51. The van der Waals surface area contributed by atoms with Crippen LogP contribution in [0, 0.1) is 0 Å². The summed E-state index contributed by atoms with van der Waals surface area (Å²) in [5.74, 6) is -1.19. The fourth-order valence-electron chi connectivity index (χ4n) is 1.74. The van der Waals surface area contributed by atoms with E-state index in [1.54, 1.807) is 0 Å². The molecular formula is C15H23N2O5+. The van der Waals surface area contributed by atoms with Crippen LogP contribution in [0.25, 0.3) is 0 Å². The molecule has 0 radical (unpaired) electrons. The quantitative estimate of drug-likeness (QED) is 0.525. The van der Waals surface area contributed by atoms with Crippen molar-refractivity contribution in [3.8, 4) is 0 Å². The van der Waals surface area contributed by atoms with Gasteiger partial charge < -0.3 is 25.6 Å². The van der Waals surface area contributed by atoms with E-state index in [0.717, 1.165) is 5.56 Å². The highest BCUT2D eigenvalue weighted by molar-refractivity contribution is 5.87. The van der Waals surface area contributed by atoms with Gasteiger partial charge in [0.1, 0.15) is 6.61 Å². The predicted molar refractivity (Wildman–Crippen MR) is 78.4 cm³/mol. The van der Waals surface area contributed by atoms with Crippen LogP contribution < -0.4 is 11.1 Å². The average Bonchev–Trinajstić information content (AvgIpc) is 2.52. The lowest BCUT2D eigenvalue weighted by Gasteiger charge is -2.20. The van der Waals surface area contributed by atoms with E-state index in [1.165, 1.54) is 14.0 Å². The first-order valence-corrected chi connectivity index (χ1v) is 6.96. The second-order valence-electron chi connectivity index (χ2n) is 4.95. The van der Waals surface area contributed by atoms with E-state index in [9.17, 15) is 14.7 Å². The second-order valence-corrected chi connectivity index (χ2v) is 4.95. The molecule has 0 aromatic heterocycles. The molecule has 122 valence electrons. The third kappa shape index (κ3) is 5.80. The maximum atomic E-state index is 11.9. The predicted octanol–water partition coefficient (Wildman–Crippen LogP) is -1.15. The Bertz CT molecular complexity index is 478. The number of esters is 1. The highest BCUT2D eigenvalue weighted by atomic mass is 16.5. The SMILES string of the molecule is COC(=O)[C@@H](NC(=O)[C@H]([NH3+])COCc1ccccc1)[C@H](C)O. The van der Waals surface area contributed by atoms with Crippen LogP contribution in [0.5, 0.6) is 0 Å². The van der Waals surface area contributed by atoms with Crippen molar-refractivity contribution in [3.05, 3.63) is 35.9 Å². The zero-order valence-corrected chi connectivity index (χ0v) is 12.8. The second kappa shape index (κ2) is 9.14. The molecule has 0 spiro atoms. The van der Waals surface area contributed by atoms with Crippen LogP contribution >= 0.6 is 0 Å². The van der Waals surface area contributed by atoms with Crippen molar-refractivity contribution >= 4 is 11.9 Å². The van der Waals surface area contributed by atoms with Crippen molar-refractivity contribution in [1.29, 1.82) is 0 Å². The van der Waals surface area contributed by atoms with Crippen LogP contribution in [-0.4, -0.2) is 48.9 Å². The summed E-state index contributed by atoms with van der Waals surface area (Å²) in [5.41, 5.74) is 4.69. The van der Waals surface area contributed by atoms with Crippen LogP contribution in [0.3, 0.4) is 0 Å². The highest BCUT2D eigenvalue weighted by Crippen LogP contribution is 2.01. The summed E-state index contributed by atoms with van der Waals surface area (Å²) in [6.07, 6.45) is -1.06. The third-order valence-electron chi connectivity index (χ3n) is 3.04. The Hall–Kier alpha value is -1.96. The zero-order valence-electron chi connectivity index (χ0n) is 12.8. The van der Waals surface area contributed by atoms with Gasteiger partial charge in [-0.15, -0.1) is 0 Å². The standard InChI is InChI=1S/C15H22N2O5/c1-10(18)13(15(20)21-2)17-14(19)12(16)9-22-8-11-6-4-3-5-7-11/h3-7,10,12-13,18H,8-9,16H2,1-2H3,(H,17,19)/p+1/t10-,12+,13-/m0/s1. The van der Waals surface area contributed by atoms with Gasteiger partial charge >= 0.3 is 5.97 Å². The minimum Gasteiger partial charge on any atom is -0.467 e. The summed E-state index contributed by atoms with van der Waals surface area (Å²) < 4.78 is 9.96. The summed E-state index contributed by atoms with van der Waals surface area (Å²) >= 11 is 0. The molecule has 1 aromatic carbocycles. The maximum absolute atomic E-state index is 11.9. The van der Waals surface area contributed by atoms with E-state index in [2.05, 4.69) is 15.8 Å². The monoisotopic (exact) mass is 311 g/mol. The minimum atomic E-state index is -1.11. The summed E-state index contributed by atoms with van der Waals surface area (Å²) in [7, 11) is 1.19. The van der Waals surface area contributed by atoms with E-state index >= 15 is 0 Å². The molecular weight excluding hydrogens is 288 g/mol. The van der Waals surface area contributed by atoms with Crippen LogP contribution in [0.4, 0.5) is 0 Å². The Morgan fingerprint density at radius 2 is 1.95 bits per heavy atom.